The number of carbonyl (C=O) groups is 1. The molecular weight excluding hydrogens is 206 g/mol. The molecule has 0 saturated carbocycles. The minimum atomic E-state index is -0.396. The van der Waals surface area contributed by atoms with Crippen molar-refractivity contribution >= 4 is 5.97 Å². The highest BCUT2D eigenvalue weighted by atomic mass is 16.5. The number of ether oxygens (including phenoxy) is 1. The summed E-state index contributed by atoms with van der Waals surface area (Å²) in [6, 6.07) is -0.526. The summed E-state index contributed by atoms with van der Waals surface area (Å²) >= 11 is 0. The Bertz CT molecular complexity index is 360. The quantitative estimate of drug-likeness (QED) is 0.783. The molecule has 0 bridgehead atoms. The zero-order valence-electron chi connectivity index (χ0n) is 10.2. The van der Waals surface area contributed by atoms with Crippen molar-refractivity contribution in [3.05, 3.63) is 18.2 Å². The third kappa shape index (κ3) is 2.41. The molecule has 1 rings (SSSR count). The van der Waals surface area contributed by atoms with Gasteiger partial charge in [0.1, 0.15) is 6.04 Å². The molecule has 0 aliphatic carbocycles. The van der Waals surface area contributed by atoms with Crippen LogP contribution in [0.25, 0.3) is 0 Å². The number of hydrogen-bond acceptors (Lipinski definition) is 4. The minimum absolute atomic E-state index is 0.130. The van der Waals surface area contributed by atoms with Gasteiger partial charge in [-0.25, -0.2) is 9.78 Å². The normalized spacial score (nSPS) is 14.9. The lowest BCUT2D eigenvalue weighted by molar-refractivity contribution is -0.144. The van der Waals surface area contributed by atoms with Gasteiger partial charge < -0.3 is 15.0 Å². The van der Waals surface area contributed by atoms with E-state index in [9.17, 15) is 4.79 Å². The van der Waals surface area contributed by atoms with Gasteiger partial charge in [-0.15, -0.1) is 0 Å². The number of methoxy groups -OCH3 is 1. The number of hydrogen-bond donors (Lipinski definition) is 1. The van der Waals surface area contributed by atoms with Crippen LogP contribution in [0.3, 0.4) is 0 Å². The maximum Gasteiger partial charge on any atom is 0.328 e. The summed E-state index contributed by atoms with van der Waals surface area (Å²) in [5.41, 5.74) is 6.90. The van der Waals surface area contributed by atoms with Crippen LogP contribution < -0.4 is 5.73 Å². The predicted octanol–water partition coefficient (Wildman–Crippen LogP) is 1.27. The van der Waals surface area contributed by atoms with Gasteiger partial charge in [-0.1, -0.05) is 13.8 Å². The van der Waals surface area contributed by atoms with E-state index in [0.717, 1.165) is 5.69 Å². The van der Waals surface area contributed by atoms with E-state index in [1.807, 2.05) is 13.8 Å². The molecule has 0 fully saturated rings. The van der Waals surface area contributed by atoms with Crippen molar-refractivity contribution < 1.29 is 9.53 Å². The summed E-state index contributed by atoms with van der Waals surface area (Å²) in [4.78, 5) is 15.5. The van der Waals surface area contributed by atoms with Crippen molar-refractivity contribution in [1.82, 2.24) is 9.55 Å². The van der Waals surface area contributed by atoms with Crippen LogP contribution in [0.4, 0.5) is 0 Å². The van der Waals surface area contributed by atoms with Crippen molar-refractivity contribution in [2.75, 3.05) is 7.11 Å². The molecule has 5 heteroatoms. The molecule has 2 atom stereocenters. The van der Waals surface area contributed by atoms with Crippen LogP contribution in [0.15, 0.2) is 12.5 Å². The van der Waals surface area contributed by atoms with Crippen LogP contribution in [0, 0.1) is 5.92 Å². The first-order valence-electron chi connectivity index (χ1n) is 5.34. The van der Waals surface area contributed by atoms with Crippen LogP contribution >= 0.6 is 0 Å². The molecule has 90 valence electrons. The fraction of sp³-hybridized carbons (Fsp3) is 0.636. The molecule has 16 heavy (non-hydrogen) atoms. The maximum atomic E-state index is 11.4. The predicted molar refractivity (Wildman–Crippen MR) is 60.7 cm³/mol. The summed E-state index contributed by atoms with van der Waals surface area (Å²) < 4.78 is 6.46. The van der Waals surface area contributed by atoms with Crippen LogP contribution in [-0.4, -0.2) is 22.6 Å². The monoisotopic (exact) mass is 225 g/mol. The highest BCUT2D eigenvalue weighted by Crippen LogP contribution is 2.21. The second-order valence-corrected chi connectivity index (χ2v) is 4.19. The van der Waals surface area contributed by atoms with Crippen molar-refractivity contribution in [2.24, 2.45) is 11.7 Å². The molecule has 2 N–H and O–H groups in total. The Hall–Kier alpha value is -1.36. The molecule has 0 spiro atoms. The first kappa shape index (κ1) is 12.7. The third-order valence-electron chi connectivity index (χ3n) is 2.72. The summed E-state index contributed by atoms with van der Waals surface area (Å²) in [5.74, 6) is -0.00416. The van der Waals surface area contributed by atoms with E-state index in [1.165, 1.54) is 7.11 Å². The van der Waals surface area contributed by atoms with Gasteiger partial charge in [0.2, 0.25) is 0 Å². The number of aromatic nitrogens is 2. The Kier molecular flexibility index (Phi) is 4.06. The number of imidazole rings is 1. The van der Waals surface area contributed by atoms with Gasteiger partial charge in [0.05, 0.1) is 19.1 Å². The molecule has 0 aromatic carbocycles. The van der Waals surface area contributed by atoms with Gasteiger partial charge in [-0.05, 0) is 12.8 Å². The largest absolute Gasteiger partial charge is 0.467 e. The van der Waals surface area contributed by atoms with E-state index in [1.54, 1.807) is 24.0 Å². The fourth-order valence-electron chi connectivity index (χ4n) is 1.52. The number of nitrogens with two attached hydrogens (primary N) is 1. The van der Waals surface area contributed by atoms with E-state index >= 15 is 0 Å². The van der Waals surface area contributed by atoms with Crippen LogP contribution in [0.2, 0.25) is 0 Å². The first-order valence-corrected chi connectivity index (χ1v) is 5.34. The van der Waals surface area contributed by atoms with Crippen LogP contribution in [0.1, 0.15) is 38.5 Å². The highest BCUT2D eigenvalue weighted by Gasteiger charge is 2.22. The smallest absolute Gasteiger partial charge is 0.328 e. The fourth-order valence-corrected chi connectivity index (χ4v) is 1.52. The summed E-state index contributed by atoms with van der Waals surface area (Å²) in [6.07, 6.45) is 3.31. The molecule has 1 aromatic heterocycles. The highest BCUT2D eigenvalue weighted by molar-refractivity contribution is 5.73. The molecule has 5 nitrogen and oxygen atoms in total. The zero-order chi connectivity index (χ0) is 12.3. The molecule has 0 aliphatic rings. The third-order valence-corrected chi connectivity index (χ3v) is 2.72. The Labute approximate surface area is 95.6 Å². The SMILES string of the molecule is COC(=O)C(C)n1cncc1C(N)C(C)C. The van der Waals surface area contributed by atoms with Gasteiger partial charge in [-0.3, -0.25) is 0 Å². The average Bonchev–Trinajstić information content (AvgIpc) is 2.74. The Balaban J connectivity index is 2.98. The van der Waals surface area contributed by atoms with Crippen LogP contribution in [-0.2, 0) is 9.53 Å². The van der Waals surface area contributed by atoms with E-state index < -0.39 is 6.04 Å². The zero-order valence-corrected chi connectivity index (χ0v) is 10.2. The summed E-state index contributed by atoms with van der Waals surface area (Å²) in [5, 5.41) is 0. The summed E-state index contributed by atoms with van der Waals surface area (Å²) in [6.45, 7) is 5.83. The molecule has 1 heterocycles. The van der Waals surface area contributed by atoms with E-state index in [0.29, 0.717) is 5.92 Å². The van der Waals surface area contributed by atoms with Gasteiger partial charge in [0.25, 0.3) is 0 Å². The number of rotatable bonds is 4. The first-order chi connectivity index (χ1) is 7.49. The van der Waals surface area contributed by atoms with Crippen molar-refractivity contribution in [1.29, 1.82) is 0 Å². The summed E-state index contributed by atoms with van der Waals surface area (Å²) in [7, 11) is 1.37. The van der Waals surface area contributed by atoms with Gasteiger partial charge in [0, 0.05) is 12.2 Å². The Morgan fingerprint density at radius 3 is 2.62 bits per heavy atom. The lowest BCUT2D eigenvalue weighted by Gasteiger charge is -2.20. The van der Waals surface area contributed by atoms with E-state index in [4.69, 9.17) is 10.5 Å². The van der Waals surface area contributed by atoms with Crippen molar-refractivity contribution in [2.45, 2.75) is 32.9 Å². The molecule has 0 aliphatic heterocycles. The van der Waals surface area contributed by atoms with Crippen molar-refractivity contribution in [3.63, 3.8) is 0 Å². The van der Waals surface area contributed by atoms with Gasteiger partial charge in [0.15, 0.2) is 0 Å². The van der Waals surface area contributed by atoms with Crippen molar-refractivity contribution in [3.8, 4) is 0 Å². The van der Waals surface area contributed by atoms with Gasteiger partial charge >= 0.3 is 5.97 Å². The Morgan fingerprint density at radius 2 is 2.12 bits per heavy atom. The molecule has 0 saturated heterocycles. The van der Waals surface area contributed by atoms with Gasteiger partial charge in [-0.2, -0.15) is 0 Å². The second kappa shape index (κ2) is 5.12. The standard InChI is InChI=1S/C11H19N3O2/c1-7(2)10(12)9-5-13-6-14(9)8(3)11(15)16-4/h5-8,10H,12H2,1-4H3. The molecule has 0 radical (unpaired) electrons. The maximum absolute atomic E-state index is 11.4. The second-order valence-electron chi connectivity index (χ2n) is 4.19. The number of carbonyl (C=O) groups excluding carboxylic acids is 1. The average molecular weight is 225 g/mol. The number of esters is 1. The Morgan fingerprint density at radius 1 is 1.50 bits per heavy atom. The topological polar surface area (TPSA) is 70.1 Å². The molecule has 2 unspecified atom stereocenters. The lowest BCUT2D eigenvalue weighted by Crippen LogP contribution is -2.25. The van der Waals surface area contributed by atoms with Crippen LogP contribution in [0.5, 0.6) is 0 Å². The lowest BCUT2D eigenvalue weighted by atomic mass is 10.0. The van der Waals surface area contributed by atoms with E-state index in [2.05, 4.69) is 4.98 Å². The minimum Gasteiger partial charge on any atom is -0.467 e. The van der Waals surface area contributed by atoms with E-state index in [-0.39, 0.29) is 12.0 Å². The molecule has 1 aromatic rings. The number of nitrogens with zero attached hydrogens (tertiary/aromatic N) is 2. The molecule has 0 amide bonds. The molecular formula is C11H19N3O2.